The number of carbonyl (C=O) groups excluding carboxylic acids is 1. The zero-order valence-corrected chi connectivity index (χ0v) is 21.5. The van der Waals surface area contributed by atoms with Gasteiger partial charge in [0.15, 0.2) is 0 Å². The van der Waals surface area contributed by atoms with E-state index in [1.165, 1.54) is 51.5 Å². The van der Waals surface area contributed by atoms with Gasteiger partial charge >= 0.3 is 0 Å². The highest BCUT2D eigenvalue weighted by Gasteiger charge is 2.34. The van der Waals surface area contributed by atoms with E-state index in [2.05, 4.69) is 23.4 Å². The van der Waals surface area contributed by atoms with Crippen molar-refractivity contribution in [2.45, 2.75) is 69.7 Å². The summed E-state index contributed by atoms with van der Waals surface area (Å²) >= 11 is 0. The lowest BCUT2D eigenvalue weighted by Crippen LogP contribution is -2.47. The molecule has 4 nitrogen and oxygen atoms in total. The average molecular weight is 485 g/mol. The summed E-state index contributed by atoms with van der Waals surface area (Å²) in [5, 5.41) is 3.41. The zero-order valence-electron chi connectivity index (χ0n) is 21.5. The molecule has 2 aromatic rings. The van der Waals surface area contributed by atoms with Gasteiger partial charge in [-0.15, -0.1) is 0 Å². The maximum absolute atomic E-state index is 13.8. The van der Waals surface area contributed by atoms with Crippen molar-refractivity contribution in [2.75, 3.05) is 19.6 Å². The van der Waals surface area contributed by atoms with Crippen molar-refractivity contribution in [1.82, 2.24) is 10.2 Å². The summed E-state index contributed by atoms with van der Waals surface area (Å²) in [4.78, 5) is 16.5. The molecule has 0 spiro atoms. The van der Waals surface area contributed by atoms with Crippen molar-refractivity contribution in [1.29, 1.82) is 0 Å². The number of likely N-dealkylation sites (tertiary alicyclic amines) is 1. The second kappa shape index (κ2) is 11.5. The predicted octanol–water partition coefficient (Wildman–Crippen LogP) is 7.15. The number of hydrogen-bond donors (Lipinski definition) is 1. The molecule has 2 heterocycles. The minimum Gasteiger partial charge on any atom is -0.457 e. The van der Waals surface area contributed by atoms with Gasteiger partial charge in [0.2, 0.25) is 5.91 Å². The highest BCUT2D eigenvalue weighted by molar-refractivity contribution is 5.90. The lowest BCUT2D eigenvalue weighted by Gasteiger charge is -2.36. The number of hydrogen-bond acceptors (Lipinski definition) is 3. The van der Waals surface area contributed by atoms with Gasteiger partial charge in [0.05, 0.1) is 5.92 Å². The number of rotatable bonds is 6. The molecule has 0 unspecified atom stereocenters. The molecular weight excluding hydrogens is 444 g/mol. The molecule has 0 aromatic heterocycles. The second-order valence-electron chi connectivity index (χ2n) is 10.8. The summed E-state index contributed by atoms with van der Waals surface area (Å²) in [6, 6.07) is 12.1. The molecule has 190 valence electrons. The van der Waals surface area contributed by atoms with Crippen molar-refractivity contribution in [3.63, 3.8) is 0 Å². The molecule has 4 heteroatoms. The van der Waals surface area contributed by atoms with Crippen LogP contribution in [-0.4, -0.2) is 36.5 Å². The Hall–Kier alpha value is -2.85. The van der Waals surface area contributed by atoms with Gasteiger partial charge < -0.3 is 15.0 Å². The number of nitrogens with zero attached hydrogens (tertiary/aromatic N) is 1. The van der Waals surface area contributed by atoms with E-state index in [9.17, 15) is 4.79 Å². The van der Waals surface area contributed by atoms with Crippen molar-refractivity contribution < 1.29 is 9.53 Å². The van der Waals surface area contributed by atoms with Crippen LogP contribution in [-0.2, 0) is 4.79 Å². The van der Waals surface area contributed by atoms with Gasteiger partial charge in [-0.25, -0.2) is 0 Å². The van der Waals surface area contributed by atoms with Crippen LogP contribution in [0.15, 0.2) is 49.6 Å². The van der Waals surface area contributed by atoms with Gasteiger partial charge in [-0.1, -0.05) is 69.5 Å². The lowest BCUT2D eigenvalue weighted by atomic mass is 9.85. The van der Waals surface area contributed by atoms with E-state index in [-0.39, 0.29) is 11.9 Å². The fourth-order valence-electron chi connectivity index (χ4n) is 6.23. The highest BCUT2D eigenvalue weighted by atomic mass is 16.5. The molecule has 1 saturated heterocycles. The Morgan fingerprint density at radius 1 is 0.861 bits per heavy atom. The van der Waals surface area contributed by atoms with Crippen molar-refractivity contribution in [2.24, 2.45) is 5.92 Å². The summed E-state index contributed by atoms with van der Waals surface area (Å²) in [6.07, 6.45) is 15.5. The molecule has 1 N–H and O–H groups in total. The summed E-state index contributed by atoms with van der Waals surface area (Å²) in [7, 11) is 0. The zero-order chi connectivity index (χ0) is 24.9. The predicted molar refractivity (Wildman–Crippen MR) is 148 cm³/mol. The Kier molecular flexibility index (Phi) is 7.91. The summed E-state index contributed by atoms with van der Waals surface area (Å²) < 4.78 is 6.19. The van der Waals surface area contributed by atoms with E-state index in [0.717, 1.165) is 65.6 Å². The number of piperidine rings is 1. The van der Waals surface area contributed by atoms with Gasteiger partial charge in [-0.05, 0) is 67.0 Å². The topological polar surface area (TPSA) is 41.6 Å². The maximum Gasteiger partial charge on any atom is 0.232 e. The molecule has 1 amide bonds. The quantitative estimate of drug-likeness (QED) is 0.473. The van der Waals surface area contributed by atoms with E-state index in [1.807, 2.05) is 48.6 Å². The Labute approximate surface area is 216 Å². The molecule has 2 aromatic carbocycles. The van der Waals surface area contributed by atoms with Gasteiger partial charge in [-0.3, -0.25) is 4.79 Å². The van der Waals surface area contributed by atoms with Gasteiger partial charge in [0, 0.05) is 36.8 Å². The first-order chi connectivity index (χ1) is 17.6. The normalized spacial score (nSPS) is 19.8. The molecular formula is C32H40N2O2. The molecule has 2 fully saturated rings. The summed E-state index contributed by atoms with van der Waals surface area (Å²) in [5.74, 6) is 1.99. The van der Waals surface area contributed by atoms with Crippen molar-refractivity contribution in [3.05, 3.63) is 71.8 Å². The molecule has 0 atom stereocenters. The first-order valence-electron chi connectivity index (χ1n) is 13.9. The van der Waals surface area contributed by atoms with Crippen LogP contribution in [0.5, 0.6) is 11.5 Å². The first-order valence-corrected chi connectivity index (χ1v) is 13.9. The number of nitrogens with one attached hydrogen (secondary N) is 1. The number of carbonyl (C=O) groups is 1. The minimum absolute atomic E-state index is 0.0571. The van der Waals surface area contributed by atoms with Gasteiger partial charge in [-0.2, -0.15) is 0 Å². The number of ether oxygens (including phenoxy) is 1. The number of benzene rings is 2. The van der Waals surface area contributed by atoms with Crippen LogP contribution in [0.1, 0.15) is 86.0 Å². The monoisotopic (exact) mass is 484 g/mol. The van der Waals surface area contributed by atoms with Crippen molar-refractivity contribution >= 4 is 18.1 Å². The Morgan fingerprint density at radius 2 is 1.42 bits per heavy atom. The van der Waals surface area contributed by atoms with Gasteiger partial charge in [0.1, 0.15) is 11.5 Å². The first kappa shape index (κ1) is 24.8. The van der Waals surface area contributed by atoms with Crippen LogP contribution in [0.4, 0.5) is 0 Å². The van der Waals surface area contributed by atoms with Crippen molar-refractivity contribution in [3.8, 4) is 11.5 Å². The van der Waals surface area contributed by atoms with E-state index in [4.69, 9.17) is 4.74 Å². The van der Waals surface area contributed by atoms with Crippen LogP contribution in [0, 0.1) is 5.92 Å². The van der Waals surface area contributed by atoms with E-state index >= 15 is 0 Å². The molecule has 36 heavy (non-hydrogen) atoms. The Morgan fingerprint density at radius 3 is 1.97 bits per heavy atom. The van der Waals surface area contributed by atoms with E-state index in [1.54, 1.807) is 0 Å². The standard InChI is InChI=1S/C32H40N2O2/c1-3-23-12-14-29-27(20-23)31(28-21-24(4-2)13-15-30(28)36-29)32(35)33-26-16-18-34(19-17-26)22-25-10-8-6-5-7-9-11-25/h3-4,12-15,20-21,25-26,31H,1-2,5-11,16-19,22H2,(H,33,35). The third kappa shape index (κ3) is 5.59. The smallest absolute Gasteiger partial charge is 0.232 e. The molecule has 1 aliphatic carbocycles. The Bertz CT molecular complexity index is 1030. The average Bonchev–Trinajstić information content (AvgIpc) is 2.89. The van der Waals surface area contributed by atoms with Crippen LogP contribution < -0.4 is 10.1 Å². The van der Waals surface area contributed by atoms with Crippen LogP contribution in [0.2, 0.25) is 0 Å². The lowest BCUT2D eigenvalue weighted by molar-refractivity contribution is -0.122. The molecule has 3 aliphatic rings. The summed E-state index contributed by atoms with van der Waals surface area (Å²) in [6.45, 7) is 11.2. The molecule has 0 radical (unpaired) electrons. The molecule has 2 aliphatic heterocycles. The van der Waals surface area contributed by atoms with Gasteiger partial charge in [0.25, 0.3) is 0 Å². The minimum atomic E-state index is -0.406. The molecule has 1 saturated carbocycles. The highest BCUT2D eigenvalue weighted by Crippen LogP contribution is 2.45. The van der Waals surface area contributed by atoms with Crippen LogP contribution in [0.25, 0.3) is 12.2 Å². The van der Waals surface area contributed by atoms with Crippen LogP contribution in [0.3, 0.4) is 0 Å². The third-order valence-electron chi connectivity index (χ3n) is 8.32. The van der Waals surface area contributed by atoms with E-state index in [0.29, 0.717) is 0 Å². The molecule has 0 bridgehead atoms. The number of fused-ring (bicyclic) bond motifs is 2. The fraction of sp³-hybridized carbons (Fsp3) is 0.469. The molecule has 5 rings (SSSR count). The SMILES string of the molecule is C=Cc1ccc2c(c1)C(C(=O)NC1CCN(CC3CCCCCCC3)CC1)c1cc(C=C)ccc1O2. The third-order valence-corrected chi connectivity index (χ3v) is 8.32. The van der Waals surface area contributed by atoms with Crippen LogP contribution >= 0.6 is 0 Å². The maximum atomic E-state index is 13.8. The summed E-state index contributed by atoms with van der Waals surface area (Å²) in [5.41, 5.74) is 3.78. The largest absolute Gasteiger partial charge is 0.457 e. The Balaban J connectivity index is 1.27. The fourth-order valence-corrected chi connectivity index (χ4v) is 6.23. The van der Waals surface area contributed by atoms with E-state index < -0.39 is 5.92 Å². The number of amides is 1. The second-order valence-corrected chi connectivity index (χ2v) is 10.8.